The number of pyridine rings is 1. The molecule has 1 N–H and O–H groups in total. The summed E-state index contributed by atoms with van der Waals surface area (Å²) in [6.07, 6.45) is 0. The Labute approximate surface area is 156 Å². The summed E-state index contributed by atoms with van der Waals surface area (Å²) in [7, 11) is 0. The molecule has 0 aliphatic rings. The number of nitrogens with zero attached hydrogens (tertiary/aromatic N) is 3. The smallest absolute Gasteiger partial charge is 0.319 e. The van der Waals surface area contributed by atoms with Crippen molar-refractivity contribution in [1.82, 2.24) is 14.6 Å². The Kier molecular flexibility index (Phi) is 4.58. The van der Waals surface area contributed by atoms with Crippen molar-refractivity contribution in [1.29, 1.82) is 5.26 Å². The molecule has 0 unspecified atom stereocenters. The first kappa shape index (κ1) is 18.4. The van der Waals surface area contributed by atoms with Gasteiger partial charge in [-0.2, -0.15) is 9.78 Å². The molecule has 0 saturated carbocycles. The highest BCUT2D eigenvalue weighted by Gasteiger charge is 2.36. The van der Waals surface area contributed by atoms with Crippen LogP contribution in [0.15, 0.2) is 35.1 Å². The molecule has 3 aromatic rings. The largest absolute Gasteiger partial charge is 0.465 e. The second-order valence-electron chi connectivity index (χ2n) is 6.73. The number of H-pyrrole nitrogens is 1. The number of aromatic amines is 1. The molecule has 2 heterocycles. The number of carbonyl (C=O) groups excluding carboxylic acids is 1. The summed E-state index contributed by atoms with van der Waals surface area (Å²) in [6, 6.07) is 11.3. The van der Waals surface area contributed by atoms with E-state index in [1.807, 2.05) is 30.3 Å². The number of rotatable bonds is 4. The molecule has 0 amide bonds. The maximum Gasteiger partial charge on any atom is 0.319 e. The number of nitriles is 1. The van der Waals surface area contributed by atoms with Gasteiger partial charge < -0.3 is 4.74 Å². The van der Waals surface area contributed by atoms with Gasteiger partial charge in [-0.25, -0.2) is 4.98 Å². The van der Waals surface area contributed by atoms with Gasteiger partial charge in [0, 0.05) is 0 Å². The Morgan fingerprint density at radius 3 is 2.59 bits per heavy atom. The van der Waals surface area contributed by atoms with Crippen molar-refractivity contribution in [3.63, 3.8) is 0 Å². The zero-order chi connectivity index (χ0) is 19.8. The molecule has 0 fully saturated rings. The SMILES string of the molecule is CCOC(=O)C(C)(C)c1nc2c(C#N)c(C)c(-c3ccccc3)c(=O)n2[nH]1. The number of benzene rings is 1. The minimum atomic E-state index is -1.10. The molecule has 0 aliphatic heterocycles. The van der Waals surface area contributed by atoms with E-state index >= 15 is 0 Å². The molecule has 0 radical (unpaired) electrons. The number of aromatic nitrogens is 3. The van der Waals surface area contributed by atoms with Crippen LogP contribution in [0.3, 0.4) is 0 Å². The summed E-state index contributed by atoms with van der Waals surface area (Å²) in [5, 5.41) is 12.6. The van der Waals surface area contributed by atoms with Gasteiger partial charge in [0.1, 0.15) is 22.9 Å². The fraction of sp³-hybridized carbons (Fsp3) is 0.300. The second kappa shape index (κ2) is 6.72. The van der Waals surface area contributed by atoms with Crippen LogP contribution < -0.4 is 5.56 Å². The molecule has 27 heavy (non-hydrogen) atoms. The normalized spacial score (nSPS) is 11.4. The average molecular weight is 364 g/mol. The Morgan fingerprint density at radius 1 is 1.33 bits per heavy atom. The quantitative estimate of drug-likeness (QED) is 0.718. The first-order valence-corrected chi connectivity index (χ1v) is 8.61. The van der Waals surface area contributed by atoms with Gasteiger partial charge in [-0.1, -0.05) is 30.3 Å². The first-order valence-electron chi connectivity index (χ1n) is 8.61. The lowest BCUT2D eigenvalue weighted by molar-refractivity contribution is -0.149. The molecule has 0 bridgehead atoms. The van der Waals surface area contributed by atoms with Crippen molar-refractivity contribution < 1.29 is 9.53 Å². The van der Waals surface area contributed by atoms with Gasteiger partial charge in [-0.05, 0) is 38.8 Å². The lowest BCUT2D eigenvalue weighted by atomic mass is 9.93. The number of hydrogen-bond donors (Lipinski definition) is 1. The summed E-state index contributed by atoms with van der Waals surface area (Å²) in [5.41, 5.74) is 0.761. The first-order chi connectivity index (χ1) is 12.8. The van der Waals surface area contributed by atoms with E-state index in [4.69, 9.17) is 4.74 Å². The fourth-order valence-electron chi connectivity index (χ4n) is 2.99. The van der Waals surface area contributed by atoms with E-state index in [0.29, 0.717) is 16.7 Å². The van der Waals surface area contributed by atoms with Gasteiger partial charge in [0.25, 0.3) is 5.56 Å². The Bertz CT molecular complexity index is 1120. The monoisotopic (exact) mass is 364 g/mol. The number of ether oxygens (including phenoxy) is 1. The van der Waals surface area contributed by atoms with Crippen molar-refractivity contribution in [3.8, 4) is 17.2 Å². The fourth-order valence-corrected chi connectivity index (χ4v) is 2.99. The van der Waals surface area contributed by atoms with E-state index in [0.717, 1.165) is 0 Å². The number of fused-ring (bicyclic) bond motifs is 1. The Balaban J connectivity index is 2.32. The van der Waals surface area contributed by atoms with Crippen molar-refractivity contribution >= 4 is 11.6 Å². The molecular formula is C20H20N4O3. The molecule has 0 saturated heterocycles. The topological polar surface area (TPSA) is 100 Å². The molecule has 1 aromatic carbocycles. The highest BCUT2D eigenvalue weighted by atomic mass is 16.5. The summed E-state index contributed by atoms with van der Waals surface area (Å²) in [6.45, 7) is 7.01. The van der Waals surface area contributed by atoms with Gasteiger partial charge in [0.15, 0.2) is 5.65 Å². The summed E-state index contributed by atoms with van der Waals surface area (Å²) in [4.78, 5) is 29.8. The maximum absolute atomic E-state index is 13.1. The zero-order valence-corrected chi connectivity index (χ0v) is 15.7. The van der Waals surface area contributed by atoms with Crippen molar-refractivity contribution in [2.75, 3.05) is 6.61 Å². The van der Waals surface area contributed by atoms with E-state index in [1.165, 1.54) is 4.52 Å². The summed E-state index contributed by atoms with van der Waals surface area (Å²) in [5.74, 6) is -0.199. The highest BCUT2D eigenvalue weighted by Crippen LogP contribution is 2.27. The van der Waals surface area contributed by atoms with Gasteiger partial charge >= 0.3 is 5.97 Å². The van der Waals surface area contributed by atoms with E-state index in [-0.39, 0.29) is 29.2 Å². The van der Waals surface area contributed by atoms with Crippen molar-refractivity contribution in [2.45, 2.75) is 33.1 Å². The average Bonchev–Trinajstić information content (AvgIpc) is 3.09. The van der Waals surface area contributed by atoms with E-state index < -0.39 is 11.4 Å². The third-order valence-electron chi connectivity index (χ3n) is 4.59. The van der Waals surface area contributed by atoms with Crippen LogP contribution in [0.4, 0.5) is 0 Å². The highest BCUT2D eigenvalue weighted by molar-refractivity contribution is 5.81. The maximum atomic E-state index is 13.1. The molecule has 138 valence electrons. The van der Waals surface area contributed by atoms with E-state index in [9.17, 15) is 14.9 Å². The van der Waals surface area contributed by atoms with Crippen LogP contribution in [0, 0.1) is 18.3 Å². The third kappa shape index (κ3) is 2.89. The van der Waals surface area contributed by atoms with E-state index in [1.54, 1.807) is 27.7 Å². The second-order valence-corrected chi connectivity index (χ2v) is 6.73. The molecule has 7 nitrogen and oxygen atoms in total. The number of esters is 1. The predicted molar refractivity (Wildman–Crippen MR) is 100 cm³/mol. The van der Waals surface area contributed by atoms with E-state index in [2.05, 4.69) is 16.2 Å². The molecule has 3 rings (SSSR count). The van der Waals surface area contributed by atoms with Crippen molar-refractivity contribution in [2.24, 2.45) is 0 Å². The number of carbonyl (C=O) groups is 1. The lowest BCUT2D eigenvalue weighted by Gasteiger charge is -2.18. The number of nitrogens with one attached hydrogen (secondary N) is 1. The number of hydrogen-bond acceptors (Lipinski definition) is 5. The van der Waals surface area contributed by atoms with Crippen molar-refractivity contribution in [3.05, 3.63) is 57.6 Å². The molecule has 0 atom stereocenters. The Morgan fingerprint density at radius 2 is 2.00 bits per heavy atom. The zero-order valence-electron chi connectivity index (χ0n) is 15.7. The summed E-state index contributed by atoms with van der Waals surface area (Å²) < 4.78 is 6.34. The lowest BCUT2D eigenvalue weighted by Crippen LogP contribution is -2.32. The van der Waals surface area contributed by atoms with Crippen LogP contribution in [0.5, 0.6) is 0 Å². The summed E-state index contributed by atoms with van der Waals surface area (Å²) >= 11 is 0. The van der Waals surface area contributed by atoms with Crippen LogP contribution in [-0.2, 0) is 14.9 Å². The van der Waals surface area contributed by atoms with Crippen LogP contribution >= 0.6 is 0 Å². The van der Waals surface area contributed by atoms with Crippen LogP contribution in [0.25, 0.3) is 16.8 Å². The van der Waals surface area contributed by atoms with Crippen LogP contribution in [0.1, 0.15) is 37.7 Å². The molecular weight excluding hydrogens is 344 g/mol. The van der Waals surface area contributed by atoms with Gasteiger partial charge in [-0.15, -0.1) is 0 Å². The minimum Gasteiger partial charge on any atom is -0.465 e. The molecule has 0 spiro atoms. The third-order valence-corrected chi connectivity index (χ3v) is 4.59. The standard InChI is InChI=1S/C20H20N4O3/c1-5-27-19(26)20(3,4)18-22-16-14(11-21)12(2)15(17(25)24(16)23-18)13-9-7-6-8-10-13/h6-10H,5H2,1-4H3,(H,22,23). The molecule has 2 aromatic heterocycles. The van der Waals surface area contributed by atoms with Gasteiger partial charge in [0.2, 0.25) is 0 Å². The minimum absolute atomic E-state index is 0.201. The van der Waals surface area contributed by atoms with Crippen LogP contribution in [-0.4, -0.2) is 27.2 Å². The molecule has 0 aliphatic carbocycles. The van der Waals surface area contributed by atoms with Gasteiger partial charge in [0.05, 0.1) is 12.2 Å². The molecule has 7 heteroatoms. The Hall–Kier alpha value is -3.40. The van der Waals surface area contributed by atoms with Gasteiger partial charge in [-0.3, -0.25) is 14.7 Å². The van der Waals surface area contributed by atoms with Crippen LogP contribution in [0.2, 0.25) is 0 Å². The predicted octanol–water partition coefficient (Wildman–Crippen LogP) is 2.71.